The fourth-order valence-electron chi connectivity index (χ4n) is 4.03. The minimum Gasteiger partial charge on any atom is -0.491 e. The Morgan fingerprint density at radius 3 is 2.13 bits per heavy atom. The van der Waals surface area contributed by atoms with Gasteiger partial charge in [0.05, 0.1) is 6.26 Å². The van der Waals surface area contributed by atoms with Crippen molar-refractivity contribution in [3.05, 3.63) is 89.2 Å². The molecule has 1 heterocycles. The number of benzene rings is 2. The normalized spacial score (nSPS) is 14.2. The molecule has 38 heavy (non-hydrogen) atoms. The summed E-state index contributed by atoms with van der Waals surface area (Å²) in [4.78, 5) is 4.06. The number of alkyl halides is 3. The molecule has 0 aliphatic heterocycles. The summed E-state index contributed by atoms with van der Waals surface area (Å²) in [6, 6.07) is 14.8. The summed E-state index contributed by atoms with van der Waals surface area (Å²) in [6.45, 7) is -0.121. The third kappa shape index (κ3) is 6.52. The van der Waals surface area contributed by atoms with Gasteiger partial charge < -0.3 is 8.92 Å². The number of aromatic nitrogens is 1. The Balaban J connectivity index is 1.67. The van der Waals surface area contributed by atoms with E-state index < -0.39 is 31.5 Å². The van der Waals surface area contributed by atoms with E-state index in [9.17, 15) is 30.0 Å². The molecule has 4 rings (SSSR count). The number of rotatable bonds is 9. The summed E-state index contributed by atoms with van der Waals surface area (Å²) in [7, 11) is -9.36. The lowest BCUT2D eigenvalue weighted by atomic mass is 9.80. The molecule has 0 N–H and O–H groups in total. The Morgan fingerprint density at radius 1 is 0.842 bits per heavy atom. The smallest absolute Gasteiger partial charge is 0.491 e. The van der Waals surface area contributed by atoms with Crippen LogP contribution in [-0.2, 0) is 30.8 Å². The standard InChI is InChI=1S/C25H22F3NO7S2/c1-37(30,31)35-15-14-34-20-5-2-18(3-6-20)24-22(17-10-12-29-13-11-17)8-4-19-16-21(7-9-23(19)24)36-38(32,33)25(26,27)28/h2-3,5-7,9-13,16H,4,8,14-15H2,1H3. The van der Waals surface area contributed by atoms with Crippen LogP contribution in [0.25, 0.3) is 11.1 Å². The molecule has 0 spiro atoms. The molecule has 202 valence electrons. The van der Waals surface area contributed by atoms with Crippen molar-refractivity contribution in [3.8, 4) is 11.5 Å². The van der Waals surface area contributed by atoms with Crippen molar-refractivity contribution in [2.75, 3.05) is 19.5 Å². The van der Waals surface area contributed by atoms with Crippen molar-refractivity contribution in [2.45, 2.75) is 18.3 Å². The molecular formula is C25H22F3NO7S2. The van der Waals surface area contributed by atoms with E-state index in [1.54, 1.807) is 42.7 Å². The fraction of sp³-hybridized carbons (Fsp3) is 0.240. The SMILES string of the molecule is CS(=O)(=O)OCCOc1ccc(C2=C(c3ccncc3)CCc3cc(OS(=O)(=O)C(F)(F)F)ccc32)cc1. The van der Waals surface area contributed by atoms with E-state index in [-0.39, 0.29) is 13.2 Å². The van der Waals surface area contributed by atoms with Crippen LogP contribution < -0.4 is 8.92 Å². The van der Waals surface area contributed by atoms with Crippen molar-refractivity contribution >= 4 is 31.4 Å². The minimum absolute atomic E-state index is 0.0177. The predicted molar refractivity (Wildman–Crippen MR) is 133 cm³/mol. The first-order valence-corrected chi connectivity index (χ1v) is 14.4. The van der Waals surface area contributed by atoms with Gasteiger partial charge in [-0.1, -0.05) is 18.2 Å². The third-order valence-corrected chi connectivity index (χ3v) is 7.18. The number of allylic oxidation sites excluding steroid dienone is 1. The fourth-order valence-corrected chi connectivity index (χ4v) is 4.85. The minimum atomic E-state index is -5.79. The summed E-state index contributed by atoms with van der Waals surface area (Å²) in [5, 5.41) is 0. The van der Waals surface area contributed by atoms with Gasteiger partial charge in [0.25, 0.3) is 10.1 Å². The van der Waals surface area contributed by atoms with E-state index in [0.717, 1.165) is 34.1 Å². The number of hydrogen-bond donors (Lipinski definition) is 0. The van der Waals surface area contributed by atoms with Crippen LogP contribution in [0.5, 0.6) is 11.5 Å². The average molecular weight is 570 g/mol. The van der Waals surface area contributed by atoms with E-state index in [1.807, 2.05) is 12.1 Å². The van der Waals surface area contributed by atoms with E-state index in [1.165, 1.54) is 12.1 Å². The van der Waals surface area contributed by atoms with Gasteiger partial charge in [0.1, 0.15) is 24.7 Å². The van der Waals surface area contributed by atoms with Crippen LogP contribution in [0, 0.1) is 0 Å². The summed E-state index contributed by atoms with van der Waals surface area (Å²) in [5.74, 6) is 0.0573. The topological polar surface area (TPSA) is 109 Å². The van der Waals surface area contributed by atoms with Gasteiger partial charge in [-0.05, 0) is 82.6 Å². The van der Waals surface area contributed by atoms with Crippen LogP contribution in [0.2, 0.25) is 0 Å². The molecule has 1 aliphatic carbocycles. The molecule has 0 amide bonds. The van der Waals surface area contributed by atoms with Gasteiger partial charge in [-0.3, -0.25) is 9.17 Å². The van der Waals surface area contributed by atoms with Crippen molar-refractivity contribution in [3.63, 3.8) is 0 Å². The Hall–Kier alpha value is -3.42. The molecule has 0 saturated heterocycles. The molecule has 0 unspecified atom stereocenters. The predicted octanol–water partition coefficient (Wildman–Crippen LogP) is 4.57. The second-order valence-electron chi connectivity index (χ2n) is 8.29. The summed E-state index contributed by atoms with van der Waals surface area (Å²) >= 11 is 0. The molecular weight excluding hydrogens is 547 g/mol. The van der Waals surface area contributed by atoms with Crippen LogP contribution >= 0.6 is 0 Å². The highest BCUT2D eigenvalue weighted by Gasteiger charge is 2.48. The van der Waals surface area contributed by atoms with Gasteiger partial charge in [-0.15, -0.1) is 0 Å². The molecule has 0 bridgehead atoms. The molecule has 0 atom stereocenters. The van der Waals surface area contributed by atoms with E-state index in [0.29, 0.717) is 24.2 Å². The molecule has 0 fully saturated rings. The number of fused-ring (bicyclic) bond motifs is 1. The van der Waals surface area contributed by atoms with E-state index in [2.05, 4.69) is 13.4 Å². The monoisotopic (exact) mass is 569 g/mol. The summed E-state index contributed by atoms with van der Waals surface area (Å²) in [5.41, 5.74) is -0.696. The zero-order chi connectivity index (χ0) is 27.6. The van der Waals surface area contributed by atoms with Gasteiger partial charge in [0.15, 0.2) is 0 Å². The second kappa shape index (κ2) is 10.8. The molecule has 0 saturated carbocycles. The molecule has 8 nitrogen and oxygen atoms in total. The zero-order valence-electron chi connectivity index (χ0n) is 19.9. The highest BCUT2D eigenvalue weighted by Crippen LogP contribution is 2.42. The van der Waals surface area contributed by atoms with Crippen LogP contribution in [0.3, 0.4) is 0 Å². The van der Waals surface area contributed by atoms with Gasteiger partial charge >= 0.3 is 15.6 Å². The maximum absolute atomic E-state index is 12.8. The average Bonchev–Trinajstić information content (AvgIpc) is 2.85. The number of nitrogens with zero attached hydrogens (tertiary/aromatic N) is 1. The van der Waals surface area contributed by atoms with Gasteiger partial charge in [-0.2, -0.15) is 30.0 Å². The Bertz CT molecular complexity index is 1550. The second-order valence-corrected chi connectivity index (χ2v) is 11.5. The molecule has 0 radical (unpaired) electrons. The summed E-state index contributed by atoms with van der Waals surface area (Å²) in [6.07, 6.45) is 5.24. The molecule has 2 aromatic carbocycles. The van der Waals surface area contributed by atoms with Crippen molar-refractivity contribution in [1.29, 1.82) is 0 Å². The number of pyridine rings is 1. The number of aryl methyl sites for hydroxylation is 1. The van der Waals surface area contributed by atoms with Gasteiger partial charge in [0, 0.05) is 12.4 Å². The highest BCUT2D eigenvalue weighted by atomic mass is 32.2. The molecule has 1 aromatic heterocycles. The maximum atomic E-state index is 12.8. The highest BCUT2D eigenvalue weighted by molar-refractivity contribution is 7.88. The van der Waals surface area contributed by atoms with E-state index in [4.69, 9.17) is 4.74 Å². The van der Waals surface area contributed by atoms with Crippen molar-refractivity contribution in [1.82, 2.24) is 4.98 Å². The van der Waals surface area contributed by atoms with Crippen LogP contribution in [0.1, 0.15) is 28.7 Å². The quantitative estimate of drug-likeness (QED) is 0.210. The molecule has 1 aliphatic rings. The molecule has 3 aromatic rings. The first kappa shape index (κ1) is 27.6. The Kier molecular flexibility index (Phi) is 7.81. The number of hydrogen-bond acceptors (Lipinski definition) is 8. The van der Waals surface area contributed by atoms with Crippen LogP contribution in [-0.4, -0.2) is 46.8 Å². The lowest BCUT2D eigenvalue weighted by Crippen LogP contribution is -2.28. The summed E-state index contributed by atoms with van der Waals surface area (Å²) < 4.78 is 98.0. The maximum Gasteiger partial charge on any atom is 0.534 e. The van der Waals surface area contributed by atoms with Crippen LogP contribution in [0.15, 0.2) is 67.0 Å². The lowest BCUT2D eigenvalue weighted by Gasteiger charge is -2.25. The molecule has 13 heteroatoms. The Labute approximate surface area is 217 Å². The van der Waals surface area contributed by atoms with Crippen LogP contribution in [0.4, 0.5) is 13.2 Å². The van der Waals surface area contributed by atoms with Gasteiger partial charge in [0.2, 0.25) is 0 Å². The van der Waals surface area contributed by atoms with Crippen molar-refractivity contribution < 1.29 is 43.1 Å². The number of ether oxygens (including phenoxy) is 1. The van der Waals surface area contributed by atoms with E-state index >= 15 is 0 Å². The third-order valence-electron chi connectivity index (χ3n) is 5.60. The largest absolute Gasteiger partial charge is 0.534 e. The van der Waals surface area contributed by atoms with Crippen molar-refractivity contribution in [2.24, 2.45) is 0 Å². The lowest BCUT2D eigenvalue weighted by molar-refractivity contribution is -0.0500. The van der Waals surface area contributed by atoms with Gasteiger partial charge in [-0.25, -0.2) is 0 Å². The first-order valence-electron chi connectivity index (χ1n) is 11.2. The first-order chi connectivity index (χ1) is 17.8. The Morgan fingerprint density at radius 2 is 1.50 bits per heavy atom. The number of halogens is 3. The zero-order valence-corrected chi connectivity index (χ0v) is 21.6.